The van der Waals surface area contributed by atoms with E-state index in [9.17, 15) is 10.1 Å². The van der Waals surface area contributed by atoms with Gasteiger partial charge in [-0.15, -0.1) is 11.3 Å². The van der Waals surface area contributed by atoms with Crippen molar-refractivity contribution in [2.24, 2.45) is 0 Å². The van der Waals surface area contributed by atoms with Gasteiger partial charge in [-0.1, -0.05) is 6.92 Å². The van der Waals surface area contributed by atoms with E-state index >= 15 is 0 Å². The highest BCUT2D eigenvalue weighted by atomic mass is 35.5. The molecule has 2 rings (SSSR count). The molecule has 2 aromatic heterocycles. The van der Waals surface area contributed by atoms with Crippen LogP contribution in [0.2, 0.25) is 5.28 Å². The number of nitro groups is 1. The molecule has 20 heavy (non-hydrogen) atoms. The molecule has 0 aliphatic heterocycles. The number of aromatic nitrogens is 2. The Hall–Kier alpha value is -1.73. The molecule has 6 nitrogen and oxygen atoms in total. The Kier molecular flexibility index (Phi) is 4.51. The molecule has 2 aromatic rings. The van der Waals surface area contributed by atoms with Gasteiger partial charge in [0, 0.05) is 4.88 Å². The molecule has 0 radical (unpaired) electrons. The van der Waals surface area contributed by atoms with Crippen LogP contribution in [0.25, 0.3) is 0 Å². The number of halogens is 1. The topological polar surface area (TPSA) is 81.0 Å². The maximum absolute atomic E-state index is 11.1. The van der Waals surface area contributed by atoms with E-state index in [0.29, 0.717) is 6.54 Å². The molecular formula is C12H13ClN4O2S. The normalized spacial score (nSPS) is 10.6. The summed E-state index contributed by atoms with van der Waals surface area (Å²) in [5.74, 6) is 0.156. The Morgan fingerprint density at radius 1 is 1.50 bits per heavy atom. The Labute approximate surface area is 125 Å². The lowest BCUT2D eigenvalue weighted by molar-refractivity contribution is -0.385. The fourth-order valence-electron chi connectivity index (χ4n) is 1.88. The second kappa shape index (κ2) is 6.15. The molecule has 0 saturated heterocycles. The van der Waals surface area contributed by atoms with Crippen molar-refractivity contribution in [1.29, 1.82) is 0 Å². The van der Waals surface area contributed by atoms with Crippen LogP contribution in [0, 0.1) is 17.0 Å². The quantitative estimate of drug-likeness (QED) is 0.518. The number of nitrogens with one attached hydrogen (secondary N) is 1. The van der Waals surface area contributed by atoms with Gasteiger partial charge in [-0.25, -0.2) is 4.98 Å². The van der Waals surface area contributed by atoms with Gasteiger partial charge in [-0.05, 0) is 42.0 Å². The zero-order valence-corrected chi connectivity index (χ0v) is 12.6. The second-order valence-corrected chi connectivity index (χ2v) is 5.45. The van der Waals surface area contributed by atoms with Crippen LogP contribution >= 0.6 is 22.9 Å². The van der Waals surface area contributed by atoms with Crippen LogP contribution in [-0.2, 0) is 13.0 Å². The average molecular weight is 313 g/mol. The number of hydrogen-bond donors (Lipinski definition) is 1. The van der Waals surface area contributed by atoms with E-state index in [1.54, 1.807) is 18.3 Å². The number of nitrogens with zero attached hydrogens (tertiary/aromatic N) is 3. The van der Waals surface area contributed by atoms with E-state index in [1.807, 2.05) is 11.4 Å². The van der Waals surface area contributed by atoms with Crippen molar-refractivity contribution in [3.63, 3.8) is 0 Å². The molecule has 0 bridgehead atoms. The summed E-state index contributed by atoms with van der Waals surface area (Å²) < 4.78 is 0. The monoisotopic (exact) mass is 312 g/mol. The number of aryl methyl sites for hydroxylation is 2. The van der Waals surface area contributed by atoms with Crippen LogP contribution in [0.5, 0.6) is 0 Å². The Morgan fingerprint density at radius 3 is 2.90 bits per heavy atom. The minimum atomic E-state index is -0.497. The molecule has 2 heterocycles. The molecule has 8 heteroatoms. The summed E-state index contributed by atoms with van der Waals surface area (Å²) in [6, 6.07) is 2.05. The van der Waals surface area contributed by atoms with Crippen molar-refractivity contribution in [1.82, 2.24) is 9.97 Å². The summed E-state index contributed by atoms with van der Waals surface area (Å²) in [5.41, 5.74) is 1.34. The first-order valence-electron chi connectivity index (χ1n) is 6.00. The summed E-state index contributed by atoms with van der Waals surface area (Å²) in [5, 5.41) is 16.1. The molecule has 0 spiro atoms. The van der Waals surface area contributed by atoms with E-state index < -0.39 is 4.92 Å². The van der Waals surface area contributed by atoms with E-state index in [2.05, 4.69) is 22.2 Å². The van der Waals surface area contributed by atoms with Crippen molar-refractivity contribution in [3.05, 3.63) is 43.0 Å². The minimum Gasteiger partial charge on any atom is -0.359 e. The molecule has 0 aliphatic carbocycles. The third-order valence-corrected chi connectivity index (χ3v) is 3.98. The molecule has 0 amide bonds. The van der Waals surface area contributed by atoms with Crippen LogP contribution in [0.1, 0.15) is 23.1 Å². The fraction of sp³-hybridized carbons (Fsp3) is 0.333. The van der Waals surface area contributed by atoms with Crippen molar-refractivity contribution in [3.8, 4) is 0 Å². The van der Waals surface area contributed by atoms with E-state index in [0.717, 1.165) is 11.3 Å². The lowest BCUT2D eigenvalue weighted by Gasteiger charge is -2.08. The highest BCUT2D eigenvalue weighted by Gasteiger charge is 2.21. The minimum absolute atomic E-state index is 0.00232. The van der Waals surface area contributed by atoms with Gasteiger partial charge < -0.3 is 5.32 Å². The SMILES string of the molecule is CCc1ccsc1CNc1nc(Cl)nc(C)c1[N+](=O)[O-]. The van der Waals surface area contributed by atoms with Crippen LogP contribution in [0.4, 0.5) is 11.5 Å². The third kappa shape index (κ3) is 3.05. The van der Waals surface area contributed by atoms with Gasteiger partial charge in [0.15, 0.2) is 0 Å². The number of rotatable bonds is 5. The number of hydrogen-bond acceptors (Lipinski definition) is 6. The third-order valence-electron chi connectivity index (χ3n) is 2.85. The lowest BCUT2D eigenvalue weighted by Crippen LogP contribution is -2.07. The van der Waals surface area contributed by atoms with E-state index in [1.165, 1.54) is 5.56 Å². The van der Waals surface area contributed by atoms with Gasteiger partial charge in [-0.2, -0.15) is 4.98 Å². The predicted molar refractivity (Wildman–Crippen MR) is 79.5 cm³/mol. The van der Waals surface area contributed by atoms with Crippen molar-refractivity contribution < 1.29 is 4.92 Å². The summed E-state index contributed by atoms with van der Waals surface area (Å²) >= 11 is 7.37. The first-order valence-corrected chi connectivity index (χ1v) is 7.26. The van der Waals surface area contributed by atoms with Gasteiger partial charge in [-0.3, -0.25) is 10.1 Å². The maximum Gasteiger partial charge on any atom is 0.332 e. The largest absolute Gasteiger partial charge is 0.359 e. The molecule has 0 saturated carbocycles. The van der Waals surface area contributed by atoms with Gasteiger partial charge in [0.1, 0.15) is 5.69 Å². The van der Waals surface area contributed by atoms with Crippen LogP contribution < -0.4 is 5.32 Å². The Morgan fingerprint density at radius 2 is 2.25 bits per heavy atom. The number of anilines is 1. The van der Waals surface area contributed by atoms with Crippen molar-refractivity contribution >= 4 is 34.4 Å². The molecule has 1 N–H and O–H groups in total. The second-order valence-electron chi connectivity index (χ2n) is 4.11. The van der Waals surface area contributed by atoms with Gasteiger partial charge in [0.25, 0.3) is 0 Å². The summed E-state index contributed by atoms with van der Waals surface area (Å²) in [6.07, 6.45) is 0.923. The highest BCUT2D eigenvalue weighted by Crippen LogP contribution is 2.27. The zero-order valence-electron chi connectivity index (χ0n) is 11.0. The molecule has 0 aliphatic rings. The first-order chi connectivity index (χ1) is 9.52. The molecule has 0 aromatic carbocycles. The van der Waals surface area contributed by atoms with Gasteiger partial charge in [0.05, 0.1) is 11.5 Å². The van der Waals surface area contributed by atoms with Crippen molar-refractivity contribution in [2.45, 2.75) is 26.8 Å². The first kappa shape index (κ1) is 14.7. The average Bonchev–Trinajstić information content (AvgIpc) is 2.82. The van der Waals surface area contributed by atoms with Crippen molar-refractivity contribution in [2.75, 3.05) is 5.32 Å². The molecule has 106 valence electrons. The Balaban J connectivity index is 2.27. The zero-order chi connectivity index (χ0) is 14.7. The molecule has 0 unspecified atom stereocenters. The molecule has 0 atom stereocenters. The van der Waals surface area contributed by atoms with E-state index in [-0.39, 0.29) is 22.5 Å². The lowest BCUT2D eigenvalue weighted by atomic mass is 10.2. The highest BCUT2D eigenvalue weighted by molar-refractivity contribution is 7.10. The van der Waals surface area contributed by atoms with Gasteiger partial charge in [0.2, 0.25) is 11.1 Å². The smallest absolute Gasteiger partial charge is 0.332 e. The Bertz CT molecular complexity index is 644. The maximum atomic E-state index is 11.1. The molecule has 0 fully saturated rings. The van der Waals surface area contributed by atoms with Crippen LogP contribution in [0.15, 0.2) is 11.4 Å². The van der Waals surface area contributed by atoms with Crippen LogP contribution in [-0.4, -0.2) is 14.9 Å². The van der Waals surface area contributed by atoms with E-state index in [4.69, 9.17) is 11.6 Å². The standard InChI is InChI=1S/C12H13ClN4O2S/c1-3-8-4-5-20-9(8)6-14-11-10(17(18)19)7(2)15-12(13)16-11/h4-5H,3,6H2,1-2H3,(H,14,15,16). The van der Waals surface area contributed by atoms with Crippen LogP contribution in [0.3, 0.4) is 0 Å². The van der Waals surface area contributed by atoms with Gasteiger partial charge >= 0.3 is 5.69 Å². The summed E-state index contributed by atoms with van der Waals surface area (Å²) in [4.78, 5) is 19.4. The summed E-state index contributed by atoms with van der Waals surface area (Å²) in [6.45, 7) is 4.09. The summed E-state index contributed by atoms with van der Waals surface area (Å²) in [7, 11) is 0. The fourth-order valence-corrected chi connectivity index (χ4v) is 3.00. The molecular weight excluding hydrogens is 300 g/mol. The predicted octanol–water partition coefficient (Wildman–Crippen LogP) is 3.58. The number of thiophene rings is 1.